The quantitative estimate of drug-likeness (QED) is 0.411. The molecule has 0 aromatic heterocycles. The van der Waals surface area contributed by atoms with Crippen LogP contribution < -0.4 is 16.0 Å². The Hall–Kier alpha value is -1.10. The first-order valence-electron chi connectivity index (χ1n) is 13.3. The molecule has 0 unspecified atom stereocenters. The summed E-state index contributed by atoms with van der Waals surface area (Å²) >= 11 is 0. The average molecular weight is 428 g/mol. The van der Waals surface area contributed by atoms with Crippen molar-refractivity contribution in [2.75, 3.05) is 0 Å². The Morgan fingerprint density at radius 1 is 0.548 bits per heavy atom. The van der Waals surface area contributed by atoms with Crippen molar-refractivity contribution in [2.24, 2.45) is 0 Å². The van der Waals surface area contributed by atoms with Crippen LogP contribution in [0, 0.1) is 0 Å². The van der Waals surface area contributed by atoms with Gasteiger partial charge in [0.15, 0.2) is 0 Å². The first-order chi connectivity index (χ1) is 15.3. The van der Waals surface area contributed by atoms with Crippen molar-refractivity contribution >= 4 is 0 Å². The molecule has 0 atom stereocenters. The van der Waals surface area contributed by atoms with Crippen molar-refractivity contribution in [3.63, 3.8) is 0 Å². The smallest absolute Gasteiger partial charge is 0.124 e. The van der Waals surface area contributed by atoms with E-state index < -0.39 is 0 Å². The van der Waals surface area contributed by atoms with Gasteiger partial charge < -0.3 is 21.1 Å². The molecule has 3 aliphatic carbocycles. The lowest BCUT2D eigenvalue weighted by Gasteiger charge is -2.26. The van der Waals surface area contributed by atoms with E-state index in [1.165, 1.54) is 102 Å². The Balaban J connectivity index is 1.41. The fourth-order valence-corrected chi connectivity index (χ4v) is 5.89. The fraction of sp³-hybridized carbons (Fsp3) is 0.778. The van der Waals surface area contributed by atoms with Crippen LogP contribution in [0.1, 0.15) is 113 Å². The van der Waals surface area contributed by atoms with Gasteiger partial charge in [0.05, 0.1) is 0 Å². The first-order valence-corrected chi connectivity index (χ1v) is 13.3. The number of nitrogens with one attached hydrogen (secondary N) is 3. The Morgan fingerprint density at radius 2 is 0.903 bits per heavy atom. The predicted molar refractivity (Wildman–Crippen MR) is 129 cm³/mol. The second-order valence-corrected chi connectivity index (χ2v) is 10.4. The lowest BCUT2D eigenvalue weighted by molar-refractivity contribution is 0.362. The molecular weight excluding hydrogens is 382 g/mol. The monoisotopic (exact) mass is 427 g/mol. The van der Waals surface area contributed by atoms with Crippen molar-refractivity contribution < 1.29 is 5.11 Å². The molecule has 0 bridgehead atoms. The summed E-state index contributed by atoms with van der Waals surface area (Å²) < 4.78 is 0. The van der Waals surface area contributed by atoms with Gasteiger partial charge in [0.25, 0.3) is 0 Å². The minimum atomic E-state index is 0.507. The topological polar surface area (TPSA) is 56.3 Å². The minimum absolute atomic E-state index is 0.507. The molecule has 31 heavy (non-hydrogen) atoms. The third-order valence-electron chi connectivity index (χ3n) is 7.90. The molecule has 4 nitrogen and oxygen atoms in total. The van der Waals surface area contributed by atoms with Gasteiger partial charge in [0.2, 0.25) is 0 Å². The molecule has 3 fully saturated rings. The Morgan fingerprint density at radius 3 is 1.29 bits per heavy atom. The molecule has 4 heteroatoms. The summed E-state index contributed by atoms with van der Waals surface area (Å²) in [4.78, 5) is 0. The highest BCUT2D eigenvalue weighted by Crippen LogP contribution is 2.28. The van der Waals surface area contributed by atoms with Crippen LogP contribution in [0.2, 0.25) is 0 Å². The van der Waals surface area contributed by atoms with Crippen LogP contribution in [-0.4, -0.2) is 23.2 Å². The van der Waals surface area contributed by atoms with Gasteiger partial charge in [-0.2, -0.15) is 0 Å². The average Bonchev–Trinajstić information content (AvgIpc) is 2.83. The number of benzene rings is 1. The second-order valence-electron chi connectivity index (χ2n) is 10.4. The van der Waals surface area contributed by atoms with Gasteiger partial charge >= 0.3 is 0 Å². The number of hydrogen-bond acceptors (Lipinski definition) is 4. The van der Waals surface area contributed by atoms with Gasteiger partial charge in [0, 0.05) is 48.9 Å². The highest BCUT2D eigenvalue weighted by atomic mass is 16.3. The van der Waals surface area contributed by atoms with Crippen LogP contribution in [0.25, 0.3) is 0 Å². The molecule has 0 saturated heterocycles. The number of hydrogen-bond donors (Lipinski definition) is 4. The highest BCUT2D eigenvalue weighted by Gasteiger charge is 2.18. The normalized spacial score (nSPS) is 22.1. The van der Waals surface area contributed by atoms with E-state index in [2.05, 4.69) is 28.1 Å². The van der Waals surface area contributed by atoms with Gasteiger partial charge in [-0.3, -0.25) is 0 Å². The predicted octanol–water partition coefficient (Wildman–Crippen LogP) is 5.66. The zero-order valence-corrected chi connectivity index (χ0v) is 19.6. The molecule has 0 aliphatic heterocycles. The Kier molecular flexibility index (Phi) is 9.10. The molecule has 4 rings (SSSR count). The van der Waals surface area contributed by atoms with E-state index in [1.807, 2.05) is 0 Å². The molecule has 3 saturated carbocycles. The van der Waals surface area contributed by atoms with Crippen LogP contribution in [0.3, 0.4) is 0 Å². The Bertz CT molecular complexity index is 615. The van der Waals surface area contributed by atoms with Crippen molar-refractivity contribution in [1.29, 1.82) is 0 Å². The van der Waals surface area contributed by atoms with E-state index in [1.54, 1.807) is 0 Å². The lowest BCUT2D eigenvalue weighted by Crippen LogP contribution is -2.32. The number of aromatic hydroxyl groups is 1. The molecule has 0 radical (unpaired) electrons. The lowest BCUT2D eigenvalue weighted by atomic mass is 9.94. The third kappa shape index (κ3) is 7.20. The number of rotatable bonds is 9. The van der Waals surface area contributed by atoms with E-state index in [-0.39, 0.29) is 0 Å². The maximum absolute atomic E-state index is 11.1. The van der Waals surface area contributed by atoms with Crippen LogP contribution in [-0.2, 0) is 19.6 Å². The van der Waals surface area contributed by atoms with Crippen molar-refractivity contribution in [1.82, 2.24) is 16.0 Å². The summed E-state index contributed by atoms with van der Waals surface area (Å²) in [5.41, 5.74) is 3.48. The SMILES string of the molecule is Oc1c(CNC2CCCCC2)cc(CNC2CCCCC2)cc1CNC1CCCCC1. The van der Waals surface area contributed by atoms with Gasteiger partial charge in [-0.05, 0) is 56.2 Å². The summed E-state index contributed by atoms with van der Waals surface area (Å²) in [7, 11) is 0. The molecule has 1 aromatic rings. The van der Waals surface area contributed by atoms with E-state index in [0.29, 0.717) is 23.9 Å². The molecule has 4 N–H and O–H groups in total. The zero-order chi connectivity index (χ0) is 21.3. The number of phenolic OH excluding ortho intramolecular Hbond substituents is 1. The second kappa shape index (κ2) is 12.2. The van der Waals surface area contributed by atoms with Gasteiger partial charge in [-0.1, -0.05) is 57.8 Å². The van der Waals surface area contributed by atoms with E-state index in [0.717, 1.165) is 30.8 Å². The number of phenols is 1. The fourth-order valence-electron chi connectivity index (χ4n) is 5.89. The van der Waals surface area contributed by atoms with Crippen LogP contribution in [0.5, 0.6) is 5.75 Å². The summed E-state index contributed by atoms with van der Waals surface area (Å²) in [6.07, 6.45) is 20.0. The maximum atomic E-state index is 11.1. The standard InChI is InChI=1S/C27H45N3O/c31-27-22(19-29-25-12-6-2-7-13-25)16-21(18-28-24-10-4-1-5-11-24)17-23(27)20-30-26-14-8-3-9-15-26/h16-17,24-26,28-31H,1-15,18-20H2. The maximum Gasteiger partial charge on any atom is 0.124 e. The van der Waals surface area contributed by atoms with E-state index >= 15 is 0 Å². The third-order valence-corrected chi connectivity index (χ3v) is 7.90. The Labute approximate surface area is 190 Å². The zero-order valence-electron chi connectivity index (χ0n) is 19.6. The van der Waals surface area contributed by atoms with Crippen molar-refractivity contribution in [2.45, 2.75) is 134 Å². The van der Waals surface area contributed by atoms with E-state index in [9.17, 15) is 5.11 Å². The minimum Gasteiger partial charge on any atom is -0.507 e. The van der Waals surface area contributed by atoms with Gasteiger partial charge in [-0.25, -0.2) is 0 Å². The van der Waals surface area contributed by atoms with Gasteiger partial charge in [0.1, 0.15) is 5.75 Å². The first kappa shape index (κ1) is 23.1. The van der Waals surface area contributed by atoms with Crippen molar-refractivity contribution in [3.8, 4) is 5.75 Å². The van der Waals surface area contributed by atoms with Crippen LogP contribution in [0.4, 0.5) is 0 Å². The summed E-state index contributed by atoms with van der Waals surface area (Å²) in [5, 5.41) is 22.4. The highest BCUT2D eigenvalue weighted by molar-refractivity contribution is 5.44. The summed E-state index contributed by atoms with van der Waals surface area (Å²) in [6.45, 7) is 2.48. The molecule has 0 amide bonds. The molecular formula is C27H45N3O. The van der Waals surface area contributed by atoms with Gasteiger partial charge in [-0.15, -0.1) is 0 Å². The summed E-state index contributed by atoms with van der Waals surface area (Å²) in [5.74, 6) is 0.507. The van der Waals surface area contributed by atoms with Crippen LogP contribution >= 0.6 is 0 Å². The van der Waals surface area contributed by atoms with E-state index in [4.69, 9.17) is 0 Å². The molecule has 174 valence electrons. The summed E-state index contributed by atoms with van der Waals surface area (Å²) in [6, 6.07) is 6.37. The molecule has 0 spiro atoms. The molecule has 3 aliphatic rings. The van der Waals surface area contributed by atoms with Crippen molar-refractivity contribution in [3.05, 3.63) is 28.8 Å². The largest absolute Gasteiger partial charge is 0.507 e. The van der Waals surface area contributed by atoms with Crippen LogP contribution in [0.15, 0.2) is 12.1 Å². The molecule has 1 aromatic carbocycles. The molecule has 0 heterocycles.